The Kier molecular flexibility index (Phi) is 4.47. The van der Waals surface area contributed by atoms with Gasteiger partial charge in [-0.05, 0) is 39.7 Å². The van der Waals surface area contributed by atoms with Gasteiger partial charge in [-0.1, -0.05) is 41.9 Å². The fourth-order valence-electron chi connectivity index (χ4n) is 1.74. The predicted octanol–water partition coefficient (Wildman–Crippen LogP) is 4.43. The zero-order valence-electron chi connectivity index (χ0n) is 10.2. The van der Waals surface area contributed by atoms with Crippen LogP contribution in [-0.2, 0) is 4.79 Å². The van der Waals surface area contributed by atoms with Crippen LogP contribution in [0.15, 0.2) is 46.9 Å². The zero-order valence-corrected chi connectivity index (χ0v) is 12.5. The summed E-state index contributed by atoms with van der Waals surface area (Å²) in [4.78, 5) is 11.4. The summed E-state index contributed by atoms with van der Waals surface area (Å²) in [6.45, 7) is 0. The third kappa shape index (κ3) is 3.21. The molecule has 5 heteroatoms. The second-order valence-electron chi connectivity index (χ2n) is 4.05. The number of hydrogen-bond donors (Lipinski definition) is 2. The topological polar surface area (TPSA) is 57.5 Å². The largest absolute Gasteiger partial charge is 0.506 e. The number of carbonyl (C=O) groups is 1. The summed E-state index contributed by atoms with van der Waals surface area (Å²) in [6.07, 6.45) is 1.39. The van der Waals surface area contributed by atoms with Crippen molar-refractivity contribution >= 4 is 45.1 Å². The fourth-order valence-corrected chi connectivity index (χ4v) is 2.57. The van der Waals surface area contributed by atoms with E-state index in [1.807, 2.05) is 0 Å². The average Bonchev–Trinajstić information content (AvgIpc) is 2.41. The molecule has 0 radical (unpaired) electrons. The molecule has 0 heterocycles. The van der Waals surface area contributed by atoms with Gasteiger partial charge in [0, 0.05) is 10.6 Å². The van der Waals surface area contributed by atoms with E-state index in [0.29, 0.717) is 20.6 Å². The first-order valence-electron chi connectivity index (χ1n) is 5.67. The quantitative estimate of drug-likeness (QED) is 0.634. The van der Waals surface area contributed by atoms with Gasteiger partial charge in [-0.15, -0.1) is 0 Å². The summed E-state index contributed by atoms with van der Waals surface area (Å²) >= 11 is 9.08. The molecule has 0 unspecified atom stereocenters. The van der Waals surface area contributed by atoms with E-state index < -0.39 is 5.97 Å². The van der Waals surface area contributed by atoms with Crippen LogP contribution in [0.4, 0.5) is 0 Å². The van der Waals surface area contributed by atoms with Gasteiger partial charge in [0.25, 0.3) is 0 Å². The first kappa shape index (κ1) is 14.6. The van der Waals surface area contributed by atoms with Crippen molar-refractivity contribution in [2.45, 2.75) is 0 Å². The maximum atomic E-state index is 11.4. The van der Waals surface area contributed by atoms with Crippen LogP contribution in [0.2, 0.25) is 5.02 Å². The van der Waals surface area contributed by atoms with Gasteiger partial charge in [0.2, 0.25) is 0 Å². The molecule has 0 atom stereocenters. The maximum absolute atomic E-state index is 11.4. The molecular weight excluding hydrogens is 344 g/mol. The van der Waals surface area contributed by atoms with E-state index in [-0.39, 0.29) is 11.3 Å². The number of hydrogen-bond acceptors (Lipinski definition) is 2. The van der Waals surface area contributed by atoms with Crippen LogP contribution in [0.5, 0.6) is 5.75 Å². The van der Waals surface area contributed by atoms with Gasteiger partial charge in [0.1, 0.15) is 5.75 Å². The highest BCUT2D eigenvalue weighted by Gasteiger charge is 2.13. The Morgan fingerprint density at radius 3 is 2.45 bits per heavy atom. The number of halogens is 2. The third-order valence-corrected chi connectivity index (χ3v) is 3.50. The van der Waals surface area contributed by atoms with Gasteiger partial charge in [0.05, 0.1) is 10.0 Å². The van der Waals surface area contributed by atoms with Crippen LogP contribution < -0.4 is 0 Å². The van der Waals surface area contributed by atoms with Crippen LogP contribution in [0.3, 0.4) is 0 Å². The van der Waals surface area contributed by atoms with E-state index in [4.69, 9.17) is 11.6 Å². The minimum Gasteiger partial charge on any atom is -0.506 e. The van der Waals surface area contributed by atoms with E-state index >= 15 is 0 Å². The number of aromatic hydroxyl groups is 1. The van der Waals surface area contributed by atoms with E-state index in [1.54, 1.807) is 30.3 Å². The lowest BCUT2D eigenvalue weighted by molar-refractivity contribution is -0.130. The van der Waals surface area contributed by atoms with E-state index in [9.17, 15) is 15.0 Å². The van der Waals surface area contributed by atoms with Crippen molar-refractivity contribution in [3.8, 4) is 5.75 Å². The summed E-state index contributed by atoms with van der Waals surface area (Å²) in [5.41, 5.74) is 0.969. The molecule has 0 aliphatic rings. The number of benzene rings is 2. The van der Waals surface area contributed by atoms with Crippen molar-refractivity contribution < 1.29 is 15.0 Å². The first-order valence-corrected chi connectivity index (χ1v) is 6.84. The number of carboxylic acids is 1. The van der Waals surface area contributed by atoms with Crippen LogP contribution in [0.1, 0.15) is 11.1 Å². The van der Waals surface area contributed by atoms with Gasteiger partial charge in [-0.3, -0.25) is 0 Å². The van der Waals surface area contributed by atoms with Crippen LogP contribution in [0.25, 0.3) is 11.6 Å². The molecule has 0 aromatic heterocycles. The minimum absolute atomic E-state index is 0.0518. The second kappa shape index (κ2) is 6.11. The van der Waals surface area contributed by atoms with Crippen LogP contribution in [-0.4, -0.2) is 16.2 Å². The molecule has 2 rings (SSSR count). The molecule has 2 N–H and O–H groups in total. The number of phenolic OH excluding ortho intramolecular Hbond substituents is 1. The van der Waals surface area contributed by atoms with Crippen molar-refractivity contribution in [3.63, 3.8) is 0 Å². The van der Waals surface area contributed by atoms with Gasteiger partial charge >= 0.3 is 5.97 Å². The Labute approximate surface area is 129 Å². The van der Waals surface area contributed by atoms with Crippen molar-refractivity contribution in [1.82, 2.24) is 0 Å². The Morgan fingerprint density at radius 2 is 1.85 bits per heavy atom. The van der Waals surface area contributed by atoms with Crippen molar-refractivity contribution in [1.29, 1.82) is 0 Å². The van der Waals surface area contributed by atoms with Gasteiger partial charge in [-0.2, -0.15) is 0 Å². The zero-order chi connectivity index (χ0) is 14.7. The van der Waals surface area contributed by atoms with Gasteiger partial charge in [0.15, 0.2) is 0 Å². The Bertz CT molecular complexity index is 681. The summed E-state index contributed by atoms with van der Waals surface area (Å²) in [6, 6.07) is 11.7. The van der Waals surface area contributed by atoms with Crippen molar-refractivity contribution in [3.05, 3.63) is 63.1 Å². The highest BCUT2D eigenvalue weighted by molar-refractivity contribution is 9.10. The normalized spacial score (nSPS) is 11.4. The molecule has 0 fully saturated rings. The fraction of sp³-hybridized carbons (Fsp3) is 0. The van der Waals surface area contributed by atoms with Gasteiger partial charge < -0.3 is 10.2 Å². The van der Waals surface area contributed by atoms with E-state index in [2.05, 4.69) is 15.9 Å². The molecule has 0 saturated heterocycles. The molecule has 0 aliphatic heterocycles. The first-order chi connectivity index (χ1) is 9.49. The molecule has 0 saturated carbocycles. The van der Waals surface area contributed by atoms with Crippen LogP contribution >= 0.6 is 27.5 Å². The number of carboxylic acid groups (broad SMARTS) is 1. The second-order valence-corrected chi connectivity index (χ2v) is 5.35. The molecule has 2 aromatic rings. The predicted molar refractivity (Wildman–Crippen MR) is 82.8 cm³/mol. The van der Waals surface area contributed by atoms with Crippen molar-refractivity contribution in [2.75, 3.05) is 0 Å². The summed E-state index contributed by atoms with van der Waals surface area (Å²) in [7, 11) is 0. The minimum atomic E-state index is -1.08. The lowest BCUT2D eigenvalue weighted by Gasteiger charge is -2.06. The monoisotopic (exact) mass is 352 g/mol. The summed E-state index contributed by atoms with van der Waals surface area (Å²) in [5, 5.41) is 19.7. The smallest absolute Gasteiger partial charge is 0.336 e. The SMILES string of the molecule is O=C(O)/C(=C\c1cc(Cl)cc(Br)c1O)c1ccccc1. The Hall–Kier alpha value is -1.78. The molecule has 20 heavy (non-hydrogen) atoms. The van der Waals surface area contributed by atoms with E-state index in [1.165, 1.54) is 18.2 Å². The third-order valence-electron chi connectivity index (χ3n) is 2.67. The number of rotatable bonds is 3. The summed E-state index contributed by atoms with van der Waals surface area (Å²) < 4.78 is 0.411. The Morgan fingerprint density at radius 1 is 1.20 bits per heavy atom. The molecular formula is C15H10BrClO3. The standard InChI is InChI=1S/C15H10BrClO3/c16-13-8-11(17)6-10(14(13)18)7-12(15(19)20)9-4-2-1-3-5-9/h1-8,18H,(H,19,20)/b12-7-. The molecule has 3 nitrogen and oxygen atoms in total. The molecule has 0 bridgehead atoms. The maximum Gasteiger partial charge on any atom is 0.336 e. The van der Waals surface area contributed by atoms with E-state index in [0.717, 1.165) is 0 Å². The number of phenols is 1. The molecule has 0 spiro atoms. The lowest BCUT2D eigenvalue weighted by Crippen LogP contribution is -1.99. The lowest BCUT2D eigenvalue weighted by atomic mass is 10.0. The molecule has 0 aliphatic carbocycles. The summed E-state index contributed by atoms with van der Waals surface area (Å²) in [5.74, 6) is -1.13. The van der Waals surface area contributed by atoms with Gasteiger partial charge in [-0.25, -0.2) is 4.79 Å². The average molecular weight is 354 g/mol. The molecule has 0 amide bonds. The highest BCUT2D eigenvalue weighted by Crippen LogP contribution is 2.34. The Balaban J connectivity index is 2.59. The highest BCUT2D eigenvalue weighted by atomic mass is 79.9. The molecule has 2 aromatic carbocycles. The van der Waals surface area contributed by atoms with Crippen LogP contribution in [0, 0.1) is 0 Å². The number of aliphatic carboxylic acids is 1. The van der Waals surface area contributed by atoms with Crippen molar-refractivity contribution in [2.24, 2.45) is 0 Å². The molecule has 102 valence electrons.